The van der Waals surface area contributed by atoms with Crippen LogP contribution >= 0.6 is 0 Å². The Bertz CT molecular complexity index is 1260. The van der Waals surface area contributed by atoms with Gasteiger partial charge in [0.15, 0.2) is 11.5 Å². The average Bonchev–Trinajstić information content (AvgIpc) is 3.21. The van der Waals surface area contributed by atoms with Gasteiger partial charge in [-0.3, -0.25) is 9.69 Å². The Balaban J connectivity index is 1.42. The molecule has 0 saturated carbocycles. The van der Waals surface area contributed by atoms with E-state index in [0.29, 0.717) is 53.5 Å². The van der Waals surface area contributed by atoms with Crippen molar-refractivity contribution in [1.82, 2.24) is 24.4 Å². The number of anilines is 2. The van der Waals surface area contributed by atoms with Gasteiger partial charge in [0.1, 0.15) is 5.52 Å². The van der Waals surface area contributed by atoms with Crippen molar-refractivity contribution in [2.24, 2.45) is 0 Å². The molecule has 5 heterocycles. The summed E-state index contributed by atoms with van der Waals surface area (Å²) in [5.74, 6) is 0.296. The maximum absolute atomic E-state index is 13.2. The molecule has 3 aliphatic heterocycles. The number of nitrogen functional groups attached to an aromatic ring is 1. The van der Waals surface area contributed by atoms with E-state index in [1.165, 1.54) is 6.07 Å². The quantitative estimate of drug-likeness (QED) is 0.565. The second-order valence-corrected chi connectivity index (χ2v) is 9.26. The van der Waals surface area contributed by atoms with Crippen molar-refractivity contribution < 1.29 is 18.0 Å². The van der Waals surface area contributed by atoms with Crippen LogP contribution in [0.4, 0.5) is 24.7 Å². The van der Waals surface area contributed by atoms with Gasteiger partial charge < -0.3 is 16.0 Å². The van der Waals surface area contributed by atoms with Gasteiger partial charge in [0, 0.05) is 36.9 Å². The molecular formula is C23H26F3N7O. The molecule has 6 rings (SSSR count). The molecular weight excluding hydrogens is 447 g/mol. The Kier molecular flexibility index (Phi) is 5.19. The first kappa shape index (κ1) is 22.5. The number of benzene rings is 1. The number of hydrogen-bond acceptors (Lipinski definition) is 6. The maximum atomic E-state index is 13.2. The molecule has 3 fully saturated rings. The number of nitrogens with one attached hydrogen (secondary N) is 1. The monoisotopic (exact) mass is 473 g/mol. The molecule has 3 aromatic rings. The van der Waals surface area contributed by atoms with Crippen molar-refractivity contribution in [3.05, 3.63) is 53.0 Å². The summed E-state index contributed by atoms with van der Waals surface area (Å²) in [4.78, 5) is 21.8. The van der Waals surface area contributed by atoms with E-state index >= 15 is 0 Å². The molecule has 11 heteroatoms. The molecule has 180 valence electrons. The van der Waals surface area contributed by atoms with E-state index in [-0.39, 0.29) is 11.6 Å². The number of aryl methyl sites for hydroxylation is 1. The largest absolute Gasteiger partial charge is 0.416 e. The summed E-state index contributed by atoms with van der Waals surface area (Å²) in [6.45, 7) is 4.87. The molecule has 0 aliphatic carbocycles. The van der Waals surface area contributed by atoms with Gasteiger partial charge >= 0.3 is 6.18 Å². The topological polar surface area (TPSA) is 91.8 Å². The summed E-state index contributed by atoms with van der Waals surface area (Å²) in [7, 11) is 2.08. The van der Waals surface area contributed by atoms with Crippen molar-refractivity contribution >= 4 is 22.9 Å². The third-order valence-electron chi connectivity index (χ3n) is 6.80. The van der Waals surface area contributed by atoms with Crippen LogP contribution in [-0.4, -0.2) is 62.5 Å². The van der Waals surface area contributed by atoms with E-state index in [9.17, 15) is 18.0 Å². The van der Waals surface area contributed by atoms with Crippen LogP contribution in [0.25, 0.3) is 5.52 Å². The van der Waals surface area contributed by atoms with Crippen molar-refractivity contribution in [2.75, 3.05) is 31.2 Å². The summed E-state index contributed by atoms with van der Waals surface area (Å²) in [5, 5.41) is 7.65. The lowest BCUT2D eigenvalue weighted by molar-refractivity contribution is -0.137. The van der Waals surface area contributed by atoms with Crippen molar-refractivity contribution in [1.29, 1.82) is 0 Å². The third kappa shape index (κ3) is 3.93. The molecule has 2 aromatic heterocycles. The summed E-state index contributed by atoms with van der Waals surface area (Å²) in [6, 6.07) is 5.42. The molecule has 3 atom stereocenters. The van der Waals surface area contributed by atoms with Crippen LogP contribution in [0.2, 0.25) is 0 Å². The zero-order chi connectivity index (χ0) is 24.4. The molecule has 8 nitrogen and oxygen atoms in total. The number of carbonyl (C=O) groups excluding carboxylic acids is 1. The fourth-order valence-corrected chi connectivity index (χ4v) is 4.82. The fourth-order valence-electron chi connectivity index (χ4n) is 4.82. The Morgan fingerprint density at radius 2 is 1.91 bits per heavy atom. The van der Waals surface area contributed by atoms with Gasteiger partial charge in [0.25, 0.3) is 5.91 Å². The number of fused-ring (bicyclic) bond motifs is 3. The Hall–Kier alpha value is -3.34. The fraction of sp³-hybridized carbons (Fsp3) is 0.435. The van der Waals surface area contributed by atoms with Crippen LogP contribution in [0.3, 0.4) is 0 Å². The highest BCUT2D eigenvalue weighted by molar-refractivity contribution is 5.94. The smallest absolute Gasteiger partial charge is 0.399 e. The molecule has 2 bridgehead atoms. The Morgan fingerprint density at radius 1 is 1.21 bits per heavy atom. The normalized spacial score (nSPS) is 21.4. The highest BCUT2D eigenvalue weighted by atomic mass is 19.4. The molecule has 1 aromatic carbocycles. The lowest BCUT2D eigenvalue weighted by Gasteiger charge is -2.54. The van der Waals surface area contributed by atoms with Gasteiger partial charge in [-0.2, -0.15) is 18.3 Å². The summed E-state index contributed by atoms with van der Waals surface area (Å²) < 4.78 is 41.3. The molecule has 1 amide bonds. The van der Waals surface area contributed by atoms with Gasteiger partial charge in [-0.25, -0.2) is 9.50 Å². The average molecular weight is 474 g/mol. The molecule has 3 aliphatic rings. The van der Waals surface area contributed by atoms with Gasteiger partial charge in [-0.05, 0) is 51.1 Å². The summed E-state index contributed by atoms with van der Waals surface area (Å²) >= 11 is 0. The molecule has 34 heavy (non-hydrogen) atoms. The standard InChI is InChI=1S/C23H26F3N7O/c1-12-9-33-20(8-19(30-33)22(34)32-10-17-7-18(11-32)31(17)3)21(28-12)29-13(2)14-4-15(23(24,25)26)6-16(27)5-14/h4-6,8-9,13,17-18H,7,10-11,27H2,1-3H3,(H,28,29)/t13-,17?,18?/m1/s1. The summed E-state index contributed by atoms with van der Waals surface area (Å²) in [5.41, 5.74) is 6.86. The number of rotatable bonds is 4. The van der Waals surface area contributed by atoms with Crippen LogP contribution < -0.4 is 11.1 Å². The SMILES string of the molecule is Cc1cn2nc(C(=O)N3CC4CC(C3)N4C)cc2c(N[C@H](C)c2cc(N)cc(C(F)(F)F)c2)n1. The Morgan fingerprint density at radius 3 is 2.56 bits per heavy atom. The predicted molar refractivity (Wildman–Crippen MR) is 121 cm³/mol. The van der Waals surface area contributed by atoms with Crippen LogP contribution in [0.15, 0.2) is 30.5 Å². The number of piperidine rings is 1. The number of aromatic nitrogens is 3. The highest BCUT2D eigenvalue weighted by Gasteiger charge is 2.44. The zero-order valence-corrected chi connectivity index (χ0v) is 19.1. The van der Waals surface area contributed by atoms with Gasteiger partial charge in [0.05, 0.1) is 23.5 Å². The van der Waals surface area contributed by atoms with Gasteiger partial charge in [0.2, 0.25) is 0 Å². The molecule has 2 unspecified atom stereocenters. The first-order chi connectivity index (χ1) is 16.0. The number of hydrogen-bond donors (Lipinski definition) is 2. The first-order valence-electron chi connectivity index (χ1n) is 11.1. The highest BCUT2D eigenvalue weighted by Crippen LogP contribution is 2.34. The molecule has 0 spiro atoms. The number of nitrogens with zero attached hydrogens (tertiary/aromatic N) is 5. The van der Waals surface area contributed by atoms with Crippen molar-refractivity contribution in [3.8, 4) is 0 Å². The molecule has 3 saturated heterocycles. The van der Waals surface area contributed by atoms with E-state index in [1.807, 2.05) is 4.90 Å². The lowest BCUT2D eigenvalue weighted by Crippen LogP contribution is -2.67. The maximum Gasteiger partial charge on any atom is 0.416 e. The van der Waals surface area contributed by atoms with E-state index in [1.54, 1.807) is 30.6 Å². The number of likely N-dealkylation sites (N-methyl/N-ethyl adjacent to an activating group) is 1. The van der Waals surface area contributed by atoms with Gasteiger partial charge in [-0.15, -0.1) is 0 Å². The van der Waals surface area contributed by atoms with Crippen LogP contribution in [0, 0.1) is 6.92 Å². The minimum Gasteiger partial charge on any atom is -0.399 e. The second-order valence-electron chi connectivity index (χ2n) is 9.26. The Labute approximate surface area is 194 Å². The third-order valence-corrected chi connectivity index (χ3v) is 6.80. The van der Waals surface area contributed by atoms with Crippen molar-refractivity contribution in [2.45, 2.75) is 44.6 Å². The van der Waals surface area contributed by atoms with Crippen LogP contribution in [0.1, 0.15) is 46.7 Å². The number of carbonyl (C=O) groups is 1. The van der Waals surface area contributed by atoms with E-state index in [2.05, 4.69) is 27.3 Å². The molecule has 0 radical (unpaired) electrons. The number of nitrogens with two attached hydrogens (primary N) is 1. The number of amides is 1. The lowest BCUT2D eigenvalue weighted by atomic mass is 9.88. The van der Waals surface area contributed by atoms with Crippen LogP contribution in [-0.2, 0) is 6.18 Å². The second kappa shape index (κ2) is 7.86. The van der Waals surface area contributed by atoms with E-state index < -0.39 is 17.8 Å². The summed E-state index contributed by atoms with van der Waals surface area (Å²) in [6.07, 6.45) is -1.67. The zero-order valence-electron chi connectivity index (χ0n) is 19.1. The number of halogens is 3. The molecule has 3 N–H and O–H groups in total. The van der Waals surface area contributed by atoms with E-state index in [0.717, 1.165) is 18.6 Å². The van der Waals surface area contributed by atoms with Crippen LogP contribution in [0.5, 0.6) is 0 Å². The number of piperazine rings is 1. The van der Waals surface area contributed by atoms with Gasteiger partial charge in [-0.1, -0.05) is 0 Å². The predicted octanol–water partition coefficient (Wildman–Crippen LogP) is 3.34. The number of alkyl halides is 3. The minimum atomic E-state index is -4.50. The first-order valence-corrected chi connectivity index (χ1v) is 11.1. The van der Waals surface area contributed by atoms with Crippen molar-refractivity contribution in [3.63, 3.8) is 0 Å². The van der Waals surface area contributed by atoms with E-state index in [4.69, 9.17) is 5.73 Å². The minimum absolute atomic E-state index is 0.0308.